The smallest absolute Gasteiger partial charge is 0.0835 e. The molecule has 0 atom stereocenters. The molecule has 0 saturated heterocycles. The maximum absolute atomic E-state index is 3.85. The van der Waals surface area contributed by atoms with E-state index < -0.39 is 0 Å². The normalized spacial score (nSPS) is 23.2. The van der Waals surface area contributed by atoms with Crippen LogP contribution in [0.5, 0.6) is 0 Å². The van der Waals surface area contributed by atoms with E-state index in [1.807, 2.05) is 0 Å². The molecule has 0 bridgehead atoms. The molecule has 0 saturated carbocycles. The van der Waals surface area contributed by atoms with Crippen molar-refractivity contribution in [2.75, 3.05) is 26.2 Å². The molecule has 6 nitrogen and oxygen atoms in total. The molecule has 0 aromatic heterocycles. The van der Waals surface area contributed by atoms with Gasteiger partial charge < -0.3 is 0 Å². The van der Waals surface area contributed by atoms with Crippen LogP contribution in [0.3, 0.4) is 0 Å². The topological polar surface area (TPSA) is 55.9 Å². The molecule has 0 amide bonds. The van der Waals surface area contributed by atoms with Crippen molar-refractivity contribution < 1.29 is 0 Å². The third-order valence-electron chi connectivity index (χ3n) is 1.40. The molecule has 6 heteroatoms. The average molecular weight is 140 g/mol. The van der Waals surface area contributed by atoms with Gasteiger partial charge in [0.2, 0.25) is 0 Å². The van der Waals surface area contributed by atoms with Crippen LogP contribution in [0.15, 0.2) is 20.7 Å². The van der Waals surface area contributed by atoms with E-state index in [1.54, 1.807) is 10.2 Å². The number of rotatable bonds is 1. The summed E-state index contributed by atoms with van der Waals surface area (Å²) in [7, 11) is 0. The van der Waals surface area contributed by atoms with Gasteiger partial charge in [-0.2, -0.15) is 20.5 Å². The van der Waals surface area contributed by atoms with Gasteiger partial charge in [-0.05, 0) is 0 Å². The average Bonchev–Trinajstić information content (AvgIpc) is 2.59. The summed E-state index contributed by atoms with van der Waals surface area (Å²) in [5.74, 6) is 0. The van der Waals surface area contributed by atoms with Gasteiger partial charge in [-0.15, -0.1) is 0 Å². The van der Waals surface area contributed by atoms with E-state index in [4.69, 9.17) is 0 Å². The van der Waals surface area contributed by atoms with Gasteiger partial charge >= 0.3 is 0 Å². The van der Waals surface area contributed by atoms with Crippen LogP contribution in [0, 0.1) is 0 Å². The molecule has 0 radical (unpaired) electrons. The quantitative estimate of drug-likeness (QED) is 0.524. The summed E-state index contributed by atoms with van der Waals surface area (Å²) < 4.78 is 0. The molecule has 0 N–H and O–H groups in total. The van der Waals surface area contributed by atoms with Crippen molar-refractivity contribution in [3.05, 3.63) is 0 Å². The van der Waals surface area contributed by atoms with Crippen LogP contribution in [-0.4, -0.2) is 36.4 Å². The van der Waals surface area contributed by atoms with Gasteiger partial charge in [0.15, 0.2) is 0 Å². The highest BCUT2D eigenvalue weighted by Crippen LogP contribution is 2.09. The second-order valence-electron chi connectivity index (χ2n) is 2.10. The van der Waals surface area contributed by atoms with Gasteiger partial charge in [-0.1, -0.05) is 10.4 Å². The SMILES string of the molecule is C1CN(N2CCN=N2)N=N1. The molecule has 2 aliphatic rings. The summed E-state index contributed by atoms with van der Waals surface area (Å²) in [6, 6.07) is 0. The van der Waals surface area contributed by atoms with Crippen molar-refractivity contribution in [2.24, 2.45) is 20.7 Å². The van der Waals surface area contributed by atoms with E-state index in [0.717, 1.165) is 26.2 Å². The van der Waals surface area contributed by atoms with Crippen molar-refractivity contribution in [3.63, 3.8) is 0 Å². The van der Waals surface area contributed by atoms with E-state index in [1.165, 1.54) is 0 Å². The lowest BCUT2D eigenvalue weighted by Gasteiger charge is -2.19. The molecule has 0 spiro atoms. The van der Waals surface area contributed by atoms with Crippen LogP contribution in [0.25, 0.3) is 0 Å². The Kier molecular flexibility index (Phi) is 1.23. The summed E-state index contributed by atoms with van der Waals surface area (Å²) in [6.07, 6.45) is 0. The Morgan fingerprint density at radius 3 is 1.60 bits per heavy atom. The summed E-state index contributed by atoms with van der Waals surface area (Å²) in [4.78, 5) is 0. The molecule has 0 aliphatic carbocycles. The van der Waals surface area contributed by atoms with E-state index >= 15 is 0 Å². The zero-order valence-electron chi connectivity index (χ0n) is 5.51. The first kappa shape index (κ1) is 5.57. The molecule has 0 aromatic rings. The molecular formula is C4H8N6. The molecule has 10 heavy (non-hydrogen) atoms. The number of hydrogen-bond donors (Lipinski definition) is 0. The molecule has 0 fully saturated rings. The Hall–Kier alpha value is -1.20. The zero-order chi connectivity index (χ0) is 6.81. The Morgan fingerprint density at radius 1 is 0.800 bits per heavy atom. The number of nitrogens with zero attached hydrogens (tertiary/aromatic N) is 6. The third kappa shape index (κ3) is 0.810. The first-order chi connectivity index (χ1) is 4.97. The Balaban J connectivity index is 1.98. The minimum absolute atomic E-state index is 0.770. The van der Waals surface area contributed by atoms with Crippen molar-refractivity contribution in [2.45, 2.75) is 0 Å². The predicted molar refractivity (Wildman–Crippen MR) is 32.9 cm³/mol. The van der Waals surface area contributed by atoms with Gasteiger partial charge in [-0.25, -0.2) is 0 Å². The standard InChI is InChI=1S/C4H8N6/c1-3-9(7-5-1)10-4-2-6-8-10/h1-4H2. The maximum Gasteiger partial charge on any atom is 0.0835 e. The zero-order valence-corrected chi connectivity index (χ0v) is 5.51. The van der Waals surface area contributed by atoms with Gasteiger partial charge in [-0.3, -0.25) is 0 Å². The molecule has 54 valence electrons. The largest absolute Gasteiger partial charge is 0.167 e. The van der Waals surface area contributed by atoms with Gasteiger partial charge in [0.25, 0.3) is 0 Å². The van der Waals surface area contributed by atoms with E-state index in [-0.39, 0.29) is 0 Å². The lowest BCUT2D eigenvalue weighted by molar-refractivity contribution is -0.000443. The summed E-state index contributed by atoms with van der Waals surface area (Å²) in [5, 5.41) is 18.8. The fourth-order valence-electron chi connectivity index (χ4n) is 0.916. The van der Waals surface area contributed by atoms with Crippen molar-refractivity contribution in [1.29, 1.82) is 0 Å². The highest BCUT2D eigenvalue weighted by Gasteiger charge is 2.17. The van der Waals surface area contributed by atoms with Crippen LogP contribution < -0.4 is 0 Å². The van der Waals surface area contributed by atoms with Gasteiger partial charge in [0.05, 0.1) is 26.2 Å². The van der Waals surface area contributed by atoms with E-state index in [0.29, 0.717) is 0 Å². The second-order valence-corrected chi connectivity index (χ2v) is 2.10. The van der Waals surface area contributed by atoms with Gasteiger partial charge in [0, 0.05) is 0 Å². The van der Waals surface area contributed by atoms with E-state index in [9.17, 15) is 0 Å². The van der Waals surface area contributed by atoms with Crippen molar-refractivity contribution in [3.8, 4) is 0 Å². The first-order valence-corrected chi connectivity index (χ1v) is 3.26. The maximum atomic E-state index is 3.85. The lowest BCUT2D eigenvalue weighted by atomic mass is 10.6. The molecular weight excluding hydrogens is 132 g/mol. The Bertz CT molecular complexity index is 155. The summed E-state index contributed by atoms with van der Waals surface area (Å²) in [5.41, 5.74) is 0. The van der Waals surface area contributed by atoms with Crippen LogP contribution in [-0.2, 0) is 0 Å². The van der Waals surface area contributed by atoms with Crippen LogP contribution in [0.2, 0.25) is 0 Å². The lowest BCUT2D eigenvalue weighted by Crippen LogP contribution is -2.32. The molecule has 2 rings (SSSR count). The molecule has 2 heterocycles. The highest BCUT2D eigenvalue weighted by atomic mass is 15.9. The minimum atomic E-state index is 0.770. The summed E-state index contributed by atoms with van der Waals surface area (Å²) in [6.45, 7) is 3.20. The fraction of sp³-hybridized carbons (Fsp3) is 1.00. The number of hydrazine groups is 1. The fourth-order valence-corrected chi connectivity index (χ4v) is 0.916. The predicted octanol–water partition coefficient (Wildman–Crippen LogP) is 0.267. The molecule has 0 aromatic carbocycles. The monoisotopic (exact) mass is 140 g/mol. The van der Waals surface area contributed by atoms with Crippen molar-refractivity contribution >= 4 is 0 Å². The van der Waals surface area contributed by atoms with E-state index in [2.05, 4.69) is 20.7 Å². The van der Waals surface area contributed by atoms with Crippen molar-refractivity contribution in [1.82, 2.24) is 10.2 Å². The van der Waals surface area contributed by atoms with Crippen LogP contribution >= 0.6 is 0 Å². The Morgan fingerprint density at radius 2 is 1.30 bits per heavy atom. The molecule has 2 aliphatic heterocycles. The van der Waals surface area contributed by atoms with Crippen LogP contribution in [0.4, 0.5) is 0 Å². The minimum Gasteiger partial charge on any atom is -0.167 e. The number of hydrogen-bond acceptors (Lipinski definition) is 6. The van der Waals surface area contributed by atoms with Gasteiger partial charge in [0.1, 0.15) is 0 Å². The highest BCUT2D eigenvalue weighted by molar-refractivity contribution is 4.59. The third-order valence-corrected chi connectivity index (χ3v) is 1.40. The Labute approximate surface area is 58.1 Å². The first-order valence-electron chi connectivity index (χ1n) is 3.26. The second kappa shape index (κ2) is 2.20. The van der Waals surface area contributed by atoms with Crippen LogP contribution in [0.1, 0.15) is 0 Å². The summed E-state index contributed by atoms with van der Waals surface area (Å²) >= 11 is 0. The molecule has 0 unspecified atom stereocenters.